The van der Waals surface area contributed by atoms with Gasteiger partial charge < -0.3 is 14.2 Å². The molecule has 1 atom stereocenters. The van der Waals surface area contributed by atoms with Gasteiger partial charge in [0.1, 0.15) is 6.61 Å². The van der Waals surface area contributed by atoms with Gasteiger partial charge in [-0.3, -0.25) is 9.59 Å². The monoisotopic (exact) mass is 775 g/mol. The zero-order valence-corrected chi connectivity index (χ0v) is 36.1. The van der Waals surface area contributed by atoms with E-state index in [1.807, 2.05) is 6.08 Å². The molecule has 0 N–H and O–H groups in total. The molecule has 0 saturated heterocycles. The van der Waals surface area contributed by atoms with Crippen molar-refractivity contribution in [1.29, 1.82) is 0 Å². The van der Waals surface area contributed by atoms with Crippen LogP contribution in [0.4, 0.5) is 0 Å². The lowest BCUT2D eigenvalue weighted by Gasteiger charge is -2.18. The summed E-state index contributed by atoms with van der Waals surface area (Å²) < 4.78 is 17.2. The molecule has 0 saturated carbocycles. The van der Waals surface area contributed by atoms with Crippen molar-refractivity contribution in [1.82, 2.24) is 0 Å². The highest BCUT2D eigenvalue weighted by atomic mass is 16.6. The molecule has 5 heteroatoms. The lowest BCUT2D eigenvalue weighted by molar-refractivity contribution is -0.162. The van der Waals surface area contributed by atoms with Crippen molar-refractivity contribution >= 4 is 11.9 Å². The minimum absolute atomic E-state index is 0.0242. The average molecular weight is 775 g/mol. The molecule has 0 aliphatic rings. The molecule has 0 spiro atoms. The summed E-state index contributed by atoms with van der Waals surface area (Å²) >= 11 is 0. The average Bonchev–Trinajstić information content (AvgIpc) is 3.20. The Morgan fingerprint density at radius 2 is 0.839 bits per heavy atom. The van der Waals surface area contributed by atoms with E-state index in [1.54, 1.807) is 0 Å². The number of carbonyl (C=O) groups excluding carboxylic acids is 2. The Balaban J connectivity index is 4.45. The molecule has 0 aromatic rings. The Morgan fingerprint density at radius 3 is 1.36 bits per heavy atom. The van der Waals surface area contributed by atoms with E-state index >= 15 is 0 Å². The normalized spacial score (nSPS) is 13.3. The lowest BCUT2D eigenvalue weighted by atomic mass is 10.1. The first-order chi connectivity index (χ1) is 27.6. The van der Waals surface area contributed by atoms with Gasteiger partial charge in [0.05, 0.1) is 6.61 Å². The van der Waals surface area contributed by atoms with Crippen molar-refractivity contribution in [2.45, 2.75) is 181 Å². The van der Waals surface area contributed by atoms with E-state index in [0.29, 0.717) is 25.9 Å². The Morgan fingerprint density at radius 1 is 0.411 bits per heavy atom. The quantitative estimate of drug-likeness (QED) is 0.0354. The highest BCUT2D eigenvalue weighted by molar-refractivity contribution is 5.70. The van der Waals surface area contributed by atoms with Crippen molar-refractivity contribution in [2.75, 3.05) is 19.8 Å². The van der Waals surface area contributed by atoms with Gasteiger partial charge in [-0.15, -0.1) is 0 Å². The number of ether oxygens (including phenoxy) is 3. The minimum atomic E-state index is -0.590. The van der Waals surface area contributed by atoms with Crippen LogP contribution in [0, 0.1) is 0 Å². The van der Waals surface area contributed by atoms with Crippen LogP contribution in [0.15, 0.2) is 109 Å². The molecule has 0 aliphatic carbocycles. The van der Waals surface area contributed by atoms with Gasteiger partial charge in [-0.1, -0.05) is 169 Å². The van der Waals surface area contributed by atoms with Crippen LogP contribution in [-0.4, -0.2) is 37.9 Å². The molecule has 316 valence electrons. The van der Waals surface area contributed by atoms with Gasteiger partial charge in [0.2, 0.25) is 0 Å². The van der Waals surface area contributed by atoms with Crippen LogP contribution in [0.25, 0.3) is 0 Å². The number of hydrogen-bond acceptors (Lipinski definition) is 5. The van der Waals surface area contributed by atoms with Gasteiger partial charge in [-0.2, -0.15) is 0 Å². The molecule has 0 aromatic carbocycles. The summed E-state index contributed by atoms with van der Waals surface area (Å²) in [6.07, 6.45) is 62.4. The van der Waals surface area contributed by atoms with Crippen LogP contribution >= 0.6 is 0 Å². The first-order valence-electron chi connectivity index (χ1n) is 22.4. The third-order valence-corrected chi connectivity index (χ3v) is 8.77. The fraction of sp³-hybridized carbons (Fsp3) is 0.608. The van der Waals surface area contributed by atoms with Crippen LogP contribution in [0.2, 0.25) is 0 Å². The summed E-state index contributed by atoms with van der Waals surface area (Å²) in [6.45, 7) is 7.37. The number of rotatable bonds is 39. The highest BCUT2D eigenvalue weighted by Crippen LogP contribution is 2.10. The number of esters is 2. The van der Waals surface area contributed by atoms with Gasteiger partial charge in [0.25, 0.3) is 0 Å². The van der Waals surface area contributed by atoms with E-state index in [1.165, 1.54) is 38.5 Å². The molecular formula is C51H82O5. The number of hydrogen-bond donors (Lipinski definition) is 0. The number of carbonyl (C=O) groups is 2. The van der Waals surface area contributed by atoms with Crippen molar-refractivity contribution < 1.29 is 23.8 Å². The van der Waals surface area contributed by atoms with Crippen LogP contribution in [0.5, 0.6) is 0 Å². The summed E-state index contributed by atoms with van der Waals surface area (Å²) in [7, 11) is 0. The maximum absolute atomic E-state index is 12.7. The predicted molar refractivity (Wildman–Crippen MR) is 242 cm³/mol. The molecule has 0 radical (unpaired) electrons. The predicted octanol–water partition coefficient (Wildman–Crippen LogP) is 14.9. The summed E-state index contributed by atoms with van der Waals surface area (Å²) in [5.41, 5.74) is 0. The summed E-state index contributed by atoms with van der Waals surface area (Å²) in [5.74, 6) is -0.542. The number of unbranched alkanes of at least 4 members (excludes halogenated alkanes) is 10. The van der Waals surface area contributed by atoms with Crippen molar-refractivity contribution in [3.05, 3.63) is 109 Å². The smallest absolute Gasteiger partial charge is 0.306 e. The number of allylic oxidation sites excluding steroid dienone is 18. The molecule has 1 unspecified atom stereocenters. The molecule has 0 amide bonds. The van der Waals surface area contributed by atoms with E-state index in [2.05, 4.69) is 124 Å². The summed E-state index contributed by atoms with van der Waals surface area (Å²) in [6, 6.07) is 0. The van der Waals surface area contributed by atoms with Crippen molar-refractivity contribution in [2.24, 2.45) is 0 Å². The molecule has 0 aromatic heterocycles. The molecule has 0 aliphatic heterocycles. The molecule has 5 nitrogen and oxygen atoms in total. The molecule has 56 heavy (non-hydrogen) atoms. The van der Waals surface area contributed by atoms with Gasteiger partial charge in [-0.25, -0.2) is 0 Å². The van der Waals surface area contributed by atoms with E-state index in [4.69, 9.17) is 14.2 Å². The Bertz CT molecular complexity index is 1150. The molecule has 0 fully saturated rings. The first-order valence-corrected chi connectivity index (χ1v) is 22.4. The zero-order chi connectivity index (χ0) is 40.7. The van der Waals surface area contributed by atoms with E-state index < -0.39 is 6.10 Å². The van der Waals surface area contributed by atoms with Crippen LogP contribution in [0.1, 0.15) is 175 Å². The second-order valence-corrected chi connectivity index (χ2v) is 14.2. The van der Waals surface area contributed by atoms with Crippen molar-refractivity contribution in [3.63, 3.8) is 0 Å². The summed E-state index contributed by atoms with van der Waals surface area (Å²) in [5, 5.41) is 0. The van der Waals surface area contributed by atoms with Crippen LogP contribution in [-0.2, 0) is 23.8 Å². The molecule has 0 heterocycles. The fourth-order valence-electron chi connectivity index (χ4n) is 5.51. The molecule has 0 bridgehead atoms. The Hall–Kier alpha value is -3.44. The highest BCUT2D eigenvalue weighted by Gasteiger charge is 2.17. The zero-order valence-electron chi connectivity index (χ0n) is 36.1. The third kappa shape index (κ3) is 43.3. The van der Waals surface area contributed by atoms with Gasteiger partial charge in [0, 0.05) is 19.4 Å². The second kappa shape index (κ2) is 45.9. The fourth-order valence-corrected chi connectivity index (χ4v) is 5.51. The Kier molecular flexibility index (Phi) is 43.1. The largest absolute Gasteiger partial charge is 0.462 e. The SMILES string of the molecule is CC/C=C\C/C=C\C/C=C\C/C=C\CCC(=O)OCC(COCCCCCCCC/C=C\C/C=C\CCC)OC(=O)CCCCC/C=C\C/C=C\C/C=C\CC. The van der Waals surface area contributed by atoms with Gasteiger partial charge in [-0.05, 0) is 103 Å². The van der Waals surface area contributed by atoms with Gasteiger partial charge in [0.15, 0.2) is 6.10 Å². The van der Waals surface area contributed by atoms with Crippen LogP contribution < -0.4 is 0 Å². The molecular weight excluding hydrogens is 693 g/mol. The lowest BCUT2D eigenvalue weighted by Crippen LogP contribution is -2.30. The minimum Gasteiger partial charge on any atom is -0.462 e. The van der Waals surface area contributed by atoms with E-state index in [0.717, 1.165) is 96.3 Å². The third-order valence-electron chi connectivity index (χ3n) is 8.77. The maximum atomic E-state index is 12.7. The maximum Gasteiger partial charge on any atom is 0.306 e. The topological polar surface area (TPSA) is 61.8 Å². The van der Waals surface area contributed by atoms with E-state index in [-0.39, 0.29) is 25.2 Å². The van der Waals surface area contributed by atoms with Gasteiger partial charge >= 0.3 is 11.9 Å². The van der Waals surface area contributed by atoms with Crippen LogP contribution in [0.3, 0.4) is 0 Å². The Labute approximate surface area is 344 Å². The van der Waals surface area contributed by atoms with Crippen molar-refractivity contribution in [3.8, 4) is 0 Å². The first kappa shape index (κ1) is 52.6. The standard InChI is InChI=1S/C51H82O5/c1-4-7-10-13-16-19-22-25-28-31-34-37-40-43-46-54-47-49(56-51(53)45-42-39-36-33-30-27-24-21-18-15-12-9-6-3)48-55-50(52)44-41-38-35-32-29-26-23-20-17-14-11-8-5-2/h8-13,17-22,26-27,29-30,35,38,49H,4-7,14-16,23-25,28,31-34,36-37,39-48H2,1-3H3/b11-8-,12-9-,13-10-,20-17-,21-18-,22-19-,29-26-,30-27-,38-35-. The molecule has 0 rings (SSSR count). The second-order valence-electron chi connectivity index (χ2n) is 14.2. The summed E-state index contributed by atoms with van der Waals surface area (Å²) in [4.78, 5) is 25.2. The van der Waals surface area contributed by atoms with E-state index in [9.17, 15) is 9.59 Å².